The molecular formula is C22H27FN2O3. The standard InChI is InChI=1S/C22H27FN2O3/c23-17-3-1-14(2-4-17)22(10-19(27)25-11-18(26)12-25)15-5-13-6-16(22)9-21(7-13,8-15)20(24)28/h1-4,13,15-16,18,26H,5-12H2,(H2,24,28)/t13?,15?,16?,21-,22-. The van der Waals surface area contributed by atoms with E-state index in [1.54, 1.807) is 4.90 Å². The van der Waals surface area contributed by atoms with Crippen LogP contribution in [0.2, 0.25) is 0 Å². The minimum absolute atomic E-state index is 0.0511. The van der Waals surface area contributed by atoms with E-state index in [2.05, 4.69) is 0 Å². The average Bonchev–Trinajstić information content (AvgIpc) is 2.62. The summed E-state index contributed by atoms with van der Waals surface area (Å²) in [6.45, 7) is 0.781. The molecule has 6 heteroatoms. The van der Waals surface area contributed by atoms with Crippen molar-refractivity contribution in [3.05, 3.63) is 35.6 Å². The average molecular weight is 386 g/mol. The van der Waals surface area contributed by atoms with Crippen molar-refractivity contribution in [3.8, 4) is 0 Å². The fourth-order valence-electron chi connectivity index (χ4n) is 7.04. The van der Waals surface area contributed by atoms with Crippen molar-refractivity contribution >= 4 is 11.8 Å². The van der Waals surface area contributed by atoms with Gasteiger partial charge in [-0.3, -0.25) is 9.59 Å². The van der Waals surface area contributed by atoms with Crippen LogP contribution in [-0.4, -0.2) is 41.0 Å². The number of carbonyl (C=O) groups excluding carboxylic acids is 2. The van der Waals surface area contributed by atoms with Crippen LogP contribution in [0.5, 0.6) is 0 Å². The molecule has 5 aliphatic rings. The van der Waals surface area contributed by atoms with E-state index < -0.39 is 11.5 Å². The van der Waals surface area contributed by atoms with Crippen molar-refractivity contribution in [2.45, 2.75) is 50.0 Å². The van der Waals surface area contributed by atoms with Crippen LogP contribution in [-0.2, 0) is 15.0 Å². The van der Waals surface area contributed by atoms with Crippen molar-refractivity contribution in [1.82, 2.24) is 4.90 Å². The van der Waals surface area contributed by atoms with Gasteiger partial charge in [0, 0.05) is 30.3 Å². The Balaban J connectivity index is 1.55. The van der Waals surface area contributed by atoms with Gasteiger partial charge in [0.1, 0.15) is 5.82 Å². The Kier molecular flexibility index (Phi) is 3.89. The summed E-state index contributed by atoms with van der Waals surface area (Å²) in [5.41, 5.74) is 6.05. The number of β-amino-alcohol motifs (C(OH)–C–C–N with tert-alkyl or cyclic N) is 1. The number of likely N-dealkylation sites (tertiary alicyclic amines) is 1. The lowest BCUT2D eigenvalue weighted by atomic mass is 9.39. The Morgan fingerprint density at radius 3 is 2.25 bits per heavy atom. The summed E-state index contributed by atoms with van der Waals surface area (Å²) in [6, 6.07) is 6.60. The van der Waals surface area contributed by atoms with Gasteiger partial charge in [-0.05, 0) is 67.6 Å². The van der Waals surface area contributed by atoms with Gasteiger partial charge in [0.25, 0.3) is 0 Å². The van der Waals surface area contributed by atoms with E-state index in [-0.39, 0.29) is 34.9 Å². The Hall–Kier alpha value is -1.95. The minimum Gasteiger partial charge on any atom is -0.389 e. The van der Waals surface area contributed by atoms with Gasteiger partial charge in [0.05, 0.1) is 6.10 Å². The molecule has 2 atom stereocenters. The van der Waals surface area contributed by atoms with E-state index >= 15 is 0 Å². The molecule has 0 radical (unpaired) electrons. The predicted molar refractivity (Wildman–Crippen MR) is 100 cm³/mol. The first kappa shape index (κ1) is 18.1. The minimum atomic E-state index is -0.434. The van der Waals surface area contributed by atoms with Gasteiger partial charge in [-0.25, -0.2) is 4.39 Å². The van der Waals surface area contributed by atoms with E-state index in [0.717, 1.165) is 37.7 Å². The maximum atomic E-state index is 13.6. The lowest BCUT2D eigenvalue weighted by molar-refractivity contribution is -0.162. The summed E-state index contributed by atoms with van der Waals surface area (Å²) in [5, 5.41) is 9.59. The van der Waals surface area contributed by atoms with Gasteiger partial charge in [0.2, 0.25) is 11.8 Å². The summed E-state index contributed by atoms with van der Waals surface area (Å²) in [7, 11) is 0. The van der Waals surface area contributed by atoms with Crippen LogP contribution < -0.4 is 5.73 Å². The Morgan fingerprint density at radius 1 is 1.11 bits per heavy atom. The maximum Gasteiger partial charge on any atom is 0.223 e. The van der Waals surface area contributed by atoms with E-state index in [4.69, 9.17) is 5.73 Å². The summed E-state index contributed by atoms with van der Waals surface area (Å²) in [4.78, 5) is 27.1. The van der Waals surface area contributed by atoms with Crippen molar-refractivity contribution in [3.63, 3.8) is 0 Å². The molecule has 1 aromatic carbocycles. The number of aliphatic hydroxyl groups is 1. The Labute approximate surface area is 164 Å². The van der Waals surface area contributed by atoms with E-state index in [9.17, 15) is 19.1 Å². The van der Waals surface area contributed by atoms with Crippen LogP contribution in [0.4, 0.5) is 4.39 Å². The fraction of sp³-hybridized carbons (Fsp3) is 0.636. The van der Waals surface area contributed by atoms with Gasteiger partial charge >= 0.3 is 0 Å². The van der Waals surface area contributed by atoms with Crippen molar-refractivity contribution in [1.29, 1.82) is 0 Å². The molecule has 2 unspecified atom stereocenters. The maximum absolute atomic E-state index is 13.6. The fourth-order valence-corrected chi connectivity index (χ4v) is 7.04. The second-order valence-corrected chi connectivity index (χ2v) is 9.66. The molecule has 6 rings (SSSR count). The number of aliphatic hydroxyl groups excluding tert-OH is 1. The molecule has 150 valence electrons. The zero-order valence-corrected chi connectivity index (χ0v) is 15.9. The predicted octanol–water partition coefficient (Wildman–Crippen LogP) is 1.97. The van der Waals surface area contributed by atoms with E-state index in [1.807, 2.05) is 12.1 Å². The molecule has 2 amide bonds. The summed E-state index contributed by atoms with van der Waals surface area (Å²) in [5.74, 6) is 0.457. The molecule has 3 N–H and O–H groups in total. The number of hydrogen-bond donors (Lipinski definition) is 2. The molecule has 28 heavy (non-hydrogen) atoms. The molecule has 5 fully saturated rings. The lowest BCUT2D eigenvalue weighted by Gasteiger charge is -2.65. The number of rotatable bonds is 4. The quantitative estimate of drug-likeness (QED) is 0.830. The Morgan fingerprint density at radius 2 is 1.71 bits per heavy atom. The van der Waals surface area contributed by atoms with Gasteiger partial charge < -0.3 is 15.7 Å². The largest absolute Gasteiger partial charge is 0.389 e. The molecule has 1 aromatic rings. The number of benzene rings is 1. The second-order valence-electron chi connectivity index (χ2n) is 9.66. The van der Waals surface area contributed by atoms with Crippen LogP contribution in [0, 0.1) is 29.0 Å². The topological polar surface area (TPSA) is 83.6 Å². The van der Waals surface area contributed by atoms with Gasteiger partial charge in [-0.2, -0.15) is 0 Å². The van der Waals surface area contributed by atoms with E-state index in [1.165, 1.54) is 12.1 Å². The normalized spacial score (nSPS) is 39.1. The lowest BCUT2D eigenvalue weighted by Crippen LogP contribution is -2.64. The van der Waals surface area contributed by atoms with Crippen molar-refractivity contribution in [2.75, 3.05) is 13.1 Å². The molecule has 4 bridgehead atoms. The first-order valence-electron chi connectivity index (χ1n) is 10.3. The van der Waals surface area contributed by atoms with Gasteiger partial charge in [0.15, 0.2) is 0 Å². The number of halogens is 1. The molecule has 1 aliphatic heterocycles. The molecule has 0 spiro atoms. The highest BCUT2D eigenvalue weighted by molar-refractivity contribution is 5.82. The van der Waals surface area contributed by atoms with Gasteiger partial charge in [-0.15, -0.1) is 0 Å². The number of hydrogen-bond acceptors (Lipinski definition) is 3. The number of primary amides is 1. The van der Waals surface area contributed by atoms with Crippen molar-refractivity contribution in [2.24, 2.45) is 28.9 Å². The van der Waals surface area contributed by atoms with Crippen molar-refractivity contribution < 1.29 is 19.1 Å². The SMILES string of the molecule is NC(=O)[C@]12CC3CC(C1)[C@@](CC(=O)N1CC(O)C1)(c1ccc(F)cc1)C(C3)C2. The monoisotopic (exact) mass is 386 g/mol. The van der Waals surface area contributed by atoms with Crippen LogP contribution in [0.25, 0.3) is 0 Å². The number of nitrogens with two attached hydrogens (primary N) is 1. The van der Waals surface area contributed by atoms with Gasteiger partial charge in [-0.1, -0.05) is 12.1 Å². The number of amides is 2. The third kappa shape index (κ3) is 2.46. The summed E-state index contributed by atoms with van der Waals surface area (Å²) < 4.78 is 13.6. The first-order valence-corrected chi connectivity index (χ1v) is 10.3. The molecule has 1 saturated heterocycles. The Bertz CT molecular complexity index is 802. The zero-order chi connectivity index (χ0) is 19.7. The van der Waals surface area contributed by atoms with Crippen LogP contribution in [0.3, 0.4) is 0 Å². The zero-order valence-electron chi connectivity index (χ0n) is 15.9. The number of carbonyl (C=O) groups is 2. The smallest absolute Gasteiger partial charge is 0.223 e. The highest BCUT2D eigenvalue weighted by Gasteiger charge is 2.64. The molecular weight excluding hydrogens is 359 g/mol. The highest BCUT2D eigenvalue weighted by Crippen LogP contribution is 2.68. The van der Waals surface area contributed by atoms with Crippen LogP contribution in [0.1, 0.15) is 44.1 Å². The van der Waals surface area contributed by atoms with Crippen LogP contribution >= 0.6 is 0 Å². The van der Waals surface area contributed by atoms with Crippen LogP contribution in [0.15, 0.2) is 24.3 Å². The third-order valence-electron chi connectivity index (χ3n) is 8.21. The summed E-state index contributed by atoms with van der Waals surface area (Å²) >= 11 is 0. The third-order valence-corrected chi connectivity index (χ3v) is 8.21. The highest BCUT2D eigenvalue weighted by atomic mass is 19.1. The molecule has 5 nitrogen and oxygen atoms in total. The molecule has 4 aliphatic carbocycles. The molecule has 1 heterocycles. The summed E-state index contributed by atoms with van der Waals surface area (Å²) in [6.07, 6.45) is 4.26. The van der Waals surface area contributed by atoms with E-state index in [0.29, 0.717) is 25.4 Å². The molecule has 4 saturated carbocycles. The second kappa shape index (κ2) is 6.02. The molecule has 0 aromatic heterocycles. The first-order chi connectivity index (χ1) is 13.3. The number of nitrogens with zero attached hydrogens (tertiary/aromatic N) is 1.